The van der Waals surface area contributed by atoms with Crippen molar-refractivity contribution < 1.29 is 23.8 Å². The van der Waals surface area contributed by atoms with E-state index in [0.29, 0.717) is 23.9 Å². The fourth-order valence-corrected chi connectivity index (χ4v) is 3.96. The molecule has 0 saturated carbocycles. The Morgan fingerprint density at radius 3 is 2.69 bits per heavy atom. The second-order valence-electron chi connectivity index (χ2n) is 6.57. The van der Waals surface area contributed by atoms with Gasteiger partial charge in [-0.1, -0.05) is 18.2 Å². The first kappa shape index (κ1) is 19.5. The van der Waals surface area contributed by atoms with E-state index in [0.717, 1.165) is 4.88 Å². The fraction of sp³-hybridized carbons (Fsp3) is 0.368. The number of anilines is 1. The number of primary amides is 1. The number of hydrogen-bond donors (Lipinski definition) is 1. The van der Waals surface area contributed by atoms with E-state index in [-0.39, 0.29) is 12.1 Å². The van der Waals surface area contributed by atoms with E-state index in [2.05, 4.69) is 10.1 Å². The van der Waals surface area contributed by atoms with Gasteiger partial charge in [0, 0.05) is 12.6 Å². The molecule has 2 aromatic rings. The van der Waals surface area contributed by atoms with Crippen molar-refractivity contribution in [1.82, 2.24) is 4.98 Å². The number of para-hydroxylation sites is 1. The number of hydrogen-bond acceptors (Lipinski definition) is 9. The molecule has 152 valence electrons. The van der Waals surface area contributed by atoms with E-state index < -0.39 is 30.3 Å². The molecule has 0 radical (unpaired) electrons. The number of aromatic nitrogens is 1. The van der Waals surface area contributed by atoms with Gasteiger partial charge in [0.15, 0.2) is 0 Å². The highest BCUT2D eigenvalue weighted by Gasteiger charge is 2.36. The van der Waals surface area contributed by atoms with Crippen LogP contribution in [0.4, 0.5) is 5.69 Å². The molecule has 1 aromatic carbocycles. The fourth-order valence-electron chi connectivity index (χ4n) is 3.06. The van der Waals surface area contributed by atoms with E-state index in [9.17, 15) is 9.59 Å². The van der Waals surface area contributed by atoms with Crippen molar-refractivity contribution in [2.75, 3.05) is 18.2 Å². The number of amides is 1. The SMILES string of the molecule is C[C@@H](OC(=O)C1=NN(c2ccccc2)[C@@H](C(N)=O)C1)c1cnc(C2OCCO2)s1. The number of nitrogens with zero attached hydrogens (tertiary/aromatic N) is 3. The third-order valence-corrected chi connectivity index (χ3v) is 5.72. The summed E-state index contributed by atoms with van der Waals surface area (Å²) < 4.78 is 16.4. The zero-order chi connectivity index (χ0) is 20.4. The van der Waals surface area contributed by atoms with Crippen LogP contribution in [-0.2, 0) is 23.8 Å². The molecular weight excluding hydrogens is 396 g/mol. The summed E-state index contributed by atoms with van der Waals surface area (Å²) in [6, 6.07) is 8.35. The van der Waals surface area contributed by atoms with Crippen LogP contribution in [0.1, 0.15) is 35.6 Å². The maximum absolute atomic E-state index is 12.6. The van der Waals surface area contributed by atoms with Gasteiger partial charge in [-0.05, 0) is 19.1 Å². The maximum atomic E-state index is 12.6. The minimum Gasteiger partial charge on any atom is -0.452 e. The normalized spacial score (nSPS) is 20.5. The van der Waals surface area contributed by atoms with Gasteiger partial charge in [0.1, 0.15) is 22.9 Å². The molecule has 1 fully saturated rings. The van der Waals surface area contributed by atoms with Crippen molar-refractivity contribution in [3.05, 3.63) is 46.4 Å². The molecule has 2 N–H and O–H groups in total. The third kappa shape index (κ3) is 4.14. The highest BCUT2D eigenvalue weighted by molar-refractivity contribution is 7.11. The monoisotopic (exact) mass is 416 g/mol. The molecular formula is C19H20N4O5S. The van der Waals surface area contributed by atoms with Crippen molar-refractivity contribution in [3.63, 3.8) is 0 Å². The summed E-state index contributed by atoms with van der Waals surface area (Å²) in [5, 5.41) is 6.44. The molecule has 2 aliphatic heterocycles. The van der Waals surface area contributed by atoms with Gasteiger partial charge in [-0.15, -0.1) is 11.3 Å². The Hall–Kier alpha value is -2.82. The molecule has 1 aromatic heterocycles. The lowest BCUT2D eigenvalue weighted by Crippen LogP contribution is -2.39. The molecule has 0 unspecified atom stereocenters. The number of thiazole rings is 1. The lowest BCUT2D eigenvalue weighted by molar-refractivity contribution is -0.140. The van der Waals surface area contributed by atoms with Crippen LogP contribution in [0.15, 0.2) is 41.6 Å². The Balaban J connectivity index is 1.45. The molecule has 2 atom stereocenters. The van der Waals surface area contributed by atoms with Gasteiger partial charge in [-0.3, -0.25) is 9.80 Å². The molecule has 0 bridgehead atoms. The summed E-state index contributed by atoms with van der Waals surface area (Å²) in [6.45, 7) is 2.81. The topological polar surface area (TPSA) is 116 Å². The zero-order valence-electron chi connectivity index (χ0n) is 15.7. The number of carbonyl (C=O) groups excluding carboxylic acids is 2. The molecule has 2 aliphatic rings. The first-order valence-electron chi connectivity index (χ1n) is 9.14. The zero-order valence-corrected chi connectivity index (χ0v) is 16.5. The Morgan fingerprint density at radius 2 is 2.00 bits per heavy atom. The molecule has 9 nitrogen and oxygen atoms in total. The summed E-state index contributed by atoms with van der Waals surface area (Å²) in [5.74, 6) is -1.15. The van der Waals surface area contributed by atoms with E-state index in [1.165, 1.54) is 16.3 Å². The smallest absolute Gasteiger partial charge is 0.355 e. The van der Waals surface area contributed by atoms with Gasteiger partial charge in [-0.25, -0.2) is 9.78 Å². The van der Waals surface area contributed by atoms with Crippen LogP contribution in [0.3, 0.4) is 0 Å². The van der Waals surface area contributed by atoms with Crippen molar-refractivity contribution in [3.8, 4) is 0 Å². The maximum Gasteiger partial charge on any atom is 0.355 e. The highest BCUT2D eigenvalue weighted by Crippen LogP contribution is 2.32. The minimum absolute atomic E-state index is 0.0907. The molecule has 0 spiro atoms. The van der Waals surface area contributed by atoms with Crippen molar-refractivity contribution in [2.24, 2.45) is 10.8 Å². The standard InChI is InChI=1S/C19H20N4O5S/c1-11(15-10-21-17(29-15)19-26-7-8-27-19)28-18(25)13-9-14(16(20)24)23(22-13)12-5-3-2-4-6-12/h2-6,10-11,14,19H,7-9H2,1H3,(H2,20,24)/t11-,14-/m1/s1. The third-order valence-electron chi connectivity index (χ3n) is 4.54. The van der Waals surface area contributed by atoms with Crippen LogP contribution in [0, 0.1) is 0 Å². The Morgan fingerprint density at radius 1 is 1.28 bits per heavy atom. The van der Waals surface area contributed by atoms with Crippen molar-refractivity contribution in [1.29, 1.82) is 0 Å². The van der Waals surface area contributed by atoms with Crippen LogP contribution in [0.5, 0.6) is 0 Å². The molecule has 1 saturated heterocycles. The summed E-state index contributed by atoms with van der Waals surface area (Å²) in [5.41, 5.74) is 6.33. The van der Waals surface area contributed by atoms with E-state index in [1.807, 2.05) is 18.2 Å². The van der Waals surface area contributed by atoms with Crippen LogP contribution in [0.25, 0.3) is 0 Å². The Bertz CT molecular complexity index is 926. The van der Waals surface area contributed by atoms with Crippen LogP contribution < -0.4 is 10.7 Å². The number of carbonyl (C=O) groups is 2. The van der Waals surface area contributed by atoms with E-state index >= 15 is 0 Å². The minimum atomic E-state index is -0.734. The lowest BCUT2D eigenvalue weighted by atomic mass is 10.1. The Kier molecular flexibility index (Phi) is 5.56. The predicted molar refractivity (Wildman–Crippen MR) is 105 cm³/mol. The number of benzene rings is 1. The van der Waals surface area contributed by atoms with Crippen molar-refractivity contribution >= 4 is 34.6 Å². The predicted octanol–water partition coefficient (Wildman–Crippen LogP) is 1.91. The van der Waals surface area contributed by atoms with Crippen molar-refractivity contribution in [2.45, 2.75) is 31.8 Å². The second kappa shape index (κ2) is 8.27. The van der Waals surface area contributed by atoms with Gasteiger partial charge in [0.2, 0.25) is 12.2 Å². The quantitative estimate of drug-likeness (QED) is 0.715. The van der Waals surface area contributed by atoms with E-state index in [4.69, 9.17) is 19.9 Å². The molecule has 10 heteroatoms. The number of hydrazone groups is 1. The lowest BCUT2D eigenvalue weighted by Gasteiger charge is -2.20. The van der Waals surface area contributed by atoms with Gasteiger partial charge in [0.05, 0.1) is 23.8 Å². The molecule has 4 rings (SSSR count). The number of esters is 1. The first-order valence-corrected chi connectivity index (χ1v) is 9.95. The largest absolute Gasteiger partial charge is 0.452 e. The number of rotatable bonds is 6. The van der Waals surface area contributed by atoms with Gasteiger partial charge in [-0.2, -0.15) is 5.10 Å². The van der Waals surface area contributed by atoms with Crippen LogP contribution >= 0.6 is 11.3 Å². The average molecular weight is 416 g/mol. The highest BCUT2D eigenvalue weighted by atomic mass is 32.1. The van der Waals surface area contributed by atoms with Crippen LogP contribution in [-0.4, -0.2) is 41.8 Å². The van der Waals surface area contributed by atoms with Gasteiger partial charge >= 0.3 is 5.97 Å². The van der Waals surface area contributed by atoms with Gasteiger partial charge < -0.3 is 19.9 Å². The Labute approximate surface area is 171 Å². The summed E-state index contributed by atoms with van der Waals surface area (Å²) in [6.07, 6.45) is 0.734. The molecule has 0 aliphatic carbocycles. The second-order valence-corrected chi connectivity index (χ2v) is 7.66. The van der Waals surface area contributed by atoms with Gasteiger partial charge in [0.25, 0.3) is 0 Å². The molecule has 29 heavy (non-hydrogen) atoms. The molecule has 3 heterocycles. The van der Waals surface area contributed by atoms with E-state index in [1.54, 1.807) is 25.3 Å². The summed E-state index contributed by atoms with van der Waals surface area (Å²) >= 11 is 1.36. The number of nitrogens with two attached hydrogens (primary N) is 1. The molecule has 1 amide bonds. The summed E-state index contributed by atoms with van der Waals surface area (Å²) in [7, 11) is 0. The van der Waals surface area contributed by atoms with Crippen LogP contribution in [0.2, 0.25) is 0 Å². The average Bonchev–Trinajstić information content (AvgIpc) is 3.48. The summed E-state index contributed by atoms with van der Waals surface area (Å²) in [4.78, 5) is 29.5. The first-order chi connectivity index (χ1) is 14.0. The number of ether oxygens (including phenoxy) is 3.